The fourth-order valence-electron chi connectivity index (χ4n) is 2.74. The number of nitrogens with one attached hydrogen (secondary N) is 2. The quantitative estimate of drug-likeness (QED) is 0.900. The molecular formula is C15H18N2OS. The van der Waals surface area contributed by atoms with Gasteiger partial charge >= 0.3 is 4.87 Å². The third-order valence-electron chi connectivity index (χ3n) is 3.92. The summed E-state index contributed by atoms with van der Waals surface area (Å²) in [7, 11) is 0. The summed E-state index contributed by atoms with van der Waals surface area (Å²) in [5.41, 5.74) is 3.88. The van der Waals surface area contributed by atoms with E-state index in [1.165, 1.54) is 35.3 Å². The summed E-state index contributed by atoms with van der Waals surface area (Å²) in [6.45, 7) is 2.95. The summed E-state index contributed by atoms with van der Waals surface area (Å²) >= 11 is 1.23. The van der Waals surface area contributed by atoms with Gasteiger partial charge in [0.15, 0.2) is 0 Å². The first-order chi connectivity index (χ1) is 9.22. The minimum absolute atomic E-state index is 0.0307. The van der Waals surface area contributed by atoms with E-state index in [0.717, 1.165) is 12.2 Å². The van der Waals surface area contributed by atoms with Gasteiger partial charge < -0.3 is 10.3 Å². The van der Waals surface area contributed by atoms with E-state index in [2.05, 4.69) is 41.5 Å². The maximum absolute atomic E-state index is 11.0. The Hall–Kier alpha value is -1.39. The molecule has 2 N–H and O–H groups in total. The van der Waals surface area contributed by atoms with Gasteiger partial charge in [0.25, 0.3) is 0 Å². The number of thiazole rings is 1. The monoisotopic (exact) mass is 274 g/mol. The summed E-state index contributed by atoms with van der Waals surface area (Å²) in [4.78, 5) is 13.9. The van der Waals surface area contributed by atoms with Crippen molar-refractivity contribution in [2.75, 3.05) is 0 Å². The predicted octanol–water partition coefficient (Wildman–Crippen LogP) is 2.78. The minimum atomic E-state index is 0.0307. The zero-order chi connectivity index (χ0) is 13.2. The second kappa shape index (κ2) is 5.31. The van der Waals surface area contributed by atoms with Crippen molar-refractivity contribution in [3.8, 4) is 0 Å². The average Bonchev–Trinajstić information content (AvgIpc) is 2.75. The van der Waals surface area contributed by atoms with Gasteiger partial charge in [-0.2, -0.15) is 0 Å². The lowest BCUT2D eigenvalue weighted by Gasteiger charge is -2.37. The van der Waals surface area contributed by atoms with E-state index < -0.39 is 0 Å². The molecule has 2 aromatic rings. The van der Waals surface area contributed by atoms with Crippen molar-refractivity contribution in [2.45, 2.75) is 38.3 Å². The van der Waals surface area contributed by atoms with E-state index in [0.29, 0.717) is 12.0 Å². The van der Waals surface area contributed by atoms with Crippen LogP contribution in [0, 0.1) is 6.92 Å². The Balaban J connectivity index is 1.51. The molecule has 0 atom stereocenters. The fraction of sp³-hybridized carbons (Fsp3) is 0.400. The highest BCUT2D eigenvalue weighted by Gasteiger charge is 2.30. The summed E-state index contributed by atoms with van der Waals surface area (Å²) in [5.74, 6) is 0.695. The Labute approximate surface area is 116 Å². The molecule has 1 fully saturated rings. The average molecular weight is 274 g/mol. The van der Waals surface area contributed by atoms with E-state index in [1.807, 2.05) is 5.38 Å². The second-order valence-electron chi connectivity index (χ2n) is 5.28. The van der Waals surface area contributed by atoms with Crippen molar-refractivity contribution in [1.82, 2.24) is 10.3 Å². The Morgan fingerprint density at radius 3 is 2.84 bits per heavy atom. The molecule has 3 nitrogen and oxygen atoms in total. The van der Waals surface area contributed by atoms with Crippen LogP contribution in [-0.2, 0) is 6.54 Å². The summed E-state index contributed by atoms with van der Waals surface area (Å²) in [5, 5.41) is 5.40. The molecule has 1 aromatic heterocycles. The molecule has 1 aliphatic rings. The van der Waals surface area contributed by atoms with E-state index in [1.54, 1.807) is 0 Å². The minimum Gasteiger partial charge on any atom is -0.315 e. The van der Waals surface area contributed by atoms with Crippen LogP contribution < -0.4 is 10.2 Å². The van der Waals surface area contributed by atoms with Gasteiger partial charge in [0.2, 0.25) is 0 Å². The standard InChI is InChI=1S/C15H18N2OS/c1-10-4-2-3-5-14(10)11-6-12(7-11)16-8-13-9-19-15(18)17-13/h2-5,9,11-12,16H,6-8H2,1H3,(H,17,18). The van der Waals surface area contributed by atoms with E-state index in [9.17, 15) is 4.79 Å². The maximum atomic E-state index is 11.0. The zero-order valence-corrected chi connectivity index (χ0v) is 11.8. The van der Waals surface area contributed by atoms with Gasteiger partial charge in [-0.15, -0.1) is 0 Å². The second-order valence-corrected chi connectivity index (χ2v) is 6.12. The van der Waals surface area contributed by atoms with Crippen LogP contribution in [0.15, 0.2) is 34.4 Å². The molecule has 0 spiro atoms. The first-order valence-corrected chi connectivity index (χ1v) is 7.56. The molecule has 4 heteroatoms. The molecule has 0 saturated heterocycles. The number of hydrogen-bond donors (Lipinski definition) is 2. The zero-order valence-electron chi connectivity index (χ0n) is 11.0. The molecule has 0 aliphatic heterocycles. The van der Waals surface area contributed by atoms with Crippen LogP contribution in [0.1, 0.15) is 35.6 Å². The third kappa shape index (κ3) is 2.80. The molecule has 1 saturated carbocycles. The first kappa shape index (κ1) is 12.6. The Kier molecular flexibility index (Phi) is 3.53. The number of H-pyrrole nitrogens is 1. The Morgan fingerprint density at radius 2 is 2.16 bits per heavy atom. The van der Waals surface area contributed by atoms with Crippen molar-refractivity contribution in [1.29, 1.82) is 0 Å². The van der Waals surface area contributed by atoms with Crippen LogP contribution >= 0.6 is 11.3 Å². The molecule has 1 aromatic carbocycles. The lowest BCUT2D eigenvalue weighted by molar-refractivity contribution is 0.288. The van der Waals surface area contributed by atoms with E-state index in [4.69, 9.17) is 0 Å². The Morgan fingerprint density at radius 1 is 1.37 bits per heavy atom. The van der Waals surface area contributed by atoms with Gasteiger partial charge in [0, 0.05) is 23.7 Å². The number of hydrogen-bond acceptors (Lipinski definition) is 3. The van der Waals surface area contributed by atoms with Crippen LogP contribution in [-0.4, -0.2) is 11.0 Å². The number of aromatic nitrogens is 1. The topological polar surface area (TPSA) is 44.9 Å². The van der Waals surface area contributed by atoms with Crippen LogP contribution in [0.5, 0.6) is 0 Å². The van der Waals surface area contributed by atoms with Crippen LogP contribution in [0.3, 0.4) is 0 Å². The van der Waals surface area contributed by atoms with Crippen molar-refractivity contribution < 1.29 is 0 Å². The normalized spacial score (nSPS) is 22.2. The summed E-state index contributed by atoms with van der Waals surface area (Å²) in [6.07, 6.45) is 2.39. The molecule has 0 amide bonds. The van der Waals surface area contributed by atoms with Gasteiger partial charge in [0.1, 0.15) is 0 Å². The lowest BCUT2D eigenvalue weighted by Crippen LogP contribution is -2.39. The van der Waals surface area contributed by atoms with Crippen molar-refractivity contribution >= 4 is 11.3 Å². The van der Waals surface area contributed by atoms with Crippen LogP contribution in [0.25, 0.3) is 0 Å². The highest BCUT2D eigenvalue weighted by atomic mass is 32.1. The molecule has 1 heterocycles. The lowest BCUT2D eigenvalue weighted by atomic mass is 9.74. The SMILES string of the molecule is Cc1ccccc1C1CC(NCc2csc(=O)[nH]2)C1. The number of aryl methyl sites for hydroxylation is 1. The number of benzene rings is 1. The van der Waals surface area contributed by atoms with Gasteiger partial charge in [-0.05, 0) is 36.8 Å². The van der Waals surface area contributed by atoms with Crippen LogP contribution in [0.4, 0.5) is 0 Å². The smallest absolute Gasteiger partial charge is 0.304 e. The van der Waals surface area contributed by atoms with E-state index in [-0.39, 0.29) is 4.87 Å². The van der Waals surface area contributed by atoms with Gasteiger partial charge in [-0.1, -0.05) is 35.6 Å². The molecule has 0 bridgehead atoms. The van der Waals surface area contributed by atoms with Gasteiger partial charge in [-0.3, -0.25) is 4.79 Å². The van der Waals surface area contributed by atoms with Crippen molar-refractivity contribution in [3.63, 3.8) is 0 Å². The molecular weight excluding hydrogens is 256 g/mol. The molecule has 0 unspecified atom stereocenters. The maximum Gasteiger partial charge on any atom is 0.304 e. The molecule has 19 heavy (non-hydrogen) atoms. The predicted molar refractivity (Wildman–Crippen MR) is 78.7 cm³/mol. The number of rotatable bonds is 4. The third-order valence-corrected chi connectivity index (χ3v) is 4.64. The first-order valence-electron chi connectivity index (χ1n) is 6.68. The largest absolute Gasteiger partial charge is 0.315 e. The van der Waals surface area contributed by atoms with Crippen molar-refractivity contribution in [3.05, 3.63) is 56.1 Å². The highest BCUT2D eigenvalue weighted by Crippen LogP contribution is 2.38. The van der Waals surface area contributed by atoms with Gasteiger partial charge in [0.05, 0.1) is 0 Å². The van der Waals surface area contributed by atoms with Gasteiger partial charge in [-0.25, -0.2) is 0 Å². The van der Waals surface area contributed by atoms with Crippen molar-refractivity contribution in [2.24, 2.45) is 0 Å². The van der Waals surface area contributed by atoms with Crippen LogP contribution in [0.2, 0.25) is 0 Å². The number of aromatic amines is 1. The molecule has 1 aliphatic carbocycles. The summed E-state index contributed by atoms with van der Waals surface area (Å²) < 4.78 is 0. The fourth-order valence-corrected chi connectivity index (χ4v) is 3.32. The highest BCUT2D eigenvalue weighted by molar-refractivity contribution is 7.07. The molecule has 0 radical (unpaired) electrons. The van der Waals surface area contributed by atoms with E-state index >= 15 is 0 Å². The Bertz CT molecular complexity index is 610. The summed E-state index contributed by atoms with van der Waals surface area (Å²) in [6, 6.07) is 9.23. The molecule has 100 valence electrons. The molecule has 3 rings (SSSR count).